The summed E-state index contributed by atoms with van der Waals surface area (Å²) in [6, 6.07) is 0.632. The Balaban J connectivity index is 2.20. The average molecular weight is 242 g/mol. The molecular weight excluding hydrogens is 216 g/mol. The number of nitrogens with zero attached hydrogens (tertiary/aromatic N) is 2. The fourth-order valence-electron chi connectivity index (χ4n) is 2.36. The van der Waals surface area contributed by atoms with Crippen LogP contribution in [0.15, 0.2) is 0 Å². The Morgan fingerprint density at radius 3 is 2.53 bits per heavy atom. The molecule has 0 aromatic heterocycles. The molecule has 0 saturated carbocycles. The molecule has 1 heterocycles. The van der Waals surface area contributed by atoms with Crippen LogP contribution >= 0.6 is 0 Å². The van der Waals surface area contributed by atoms with E-state index < -0.39 is 0 Å². The zero-order valence-electron chi connectivity index (χ0n) is 11.4. The van der Waals surface area contributed by atoms with Crippen molar-refractivity contribution in [3.8, 4) is 0 Å². The van der Waals surface area contributed by atoms with Gasteiger partial charge in [-0.3, -0.25) is 4.79 Å². The molecule has 0 spiro atoms. The molecule has 100 valence electrons. The van der Waals surface area contributed by atoms with Gasteiger partial charge in [-0.25, -0.2) is 0 Å². The minimum Gasteiger partial charge on any atom is -0.466 e. The molecule has 0 N–H and O–H groups in total. The maximum atomic E-state index is 11.3. The molecule has 0 bridgehead atoms. The zero-order valence-corrected chi connectivity index (χ0v) is 11.4. The first-order chi connectivity index (χ1) is 8.17. The number of carbonyl (C=O) groups excluding carboxylic acids is 1. The first kappa shape index (κ1) is 14.5. The number of ether oxygens (including phenoxy) is 1. The van der Waals surface area contributed by atoms with Crippen LogP contribution in [0.2, 0.25) is 0 Å². The summed E-state index contributed by atoms with van der Waals surface area (Å²) < 4.78 is 4.94. The lowest BCUT2D eigenvalue weighted by molar-refractivity contribution is -0.143. The first-order valence-electron chi connectivity index (χ1n) is 6.75. The number of hydrogen-bond donors (Lipinski definition) is 0. The largest absolute Gasteiger partial charge is 0.466 e. The molecular formula is C13H26N2O2. The van der Waals surface area contributed by atoms with Crippen molar-refractivity contribution in [2.45, 2.75) is 39.2 Å². The number of likely N-dealkylation sites (tertiary alicyclic amines) is 1. The molecule has 1 aliphatic rings. The normalized spacial score (nSPS) is 18.6. The highest BCUT2D eigenvalue weighted by Crippen LogP contribution is 2.15. The van der Waals surface area contributed by atoms with E-state index in [1.807, 2.05) is 6.92 Å². The van der Waals surface area contributed by atoms with Gasteiger partial charge in [0, 0.05) is 12.6 Å². The predicted molar refractivity (Wildman–Crippen MR) is 69.0 cm³/mol. The highest BCUT2D eigenvalue weighted by atomic mass is 16.5. The van der Waals surface area contributed by atoms with Crippen LogP contribution in [0.25, 0.3) is 0 Å². The van der Waals surface area contributed by atoms with E-state index in [9.17, 15) is 4.79 Å². The molecule has 0 unspecified atom stereocenters. The molecule has 1 saturated heterocycles. The van der Waals surface area contributed by atoms with E-state index in [4.69, 9.17) is 4.74 Å². The molecule has 4 nitrogen and oxygen atoms in total. The Hall–Kier alpha value is -0.610. The van der Waals surface area contributed by atoms with Crippen LogP contribution in [-0.4, -0.2) is 61.6 Å². The SMILES string of the molecule is CCOC(=O)CCN(C)C1CCN(CC)CC1. The molecule has 0 aromatic carbocycles. The molecule has 0 amide bonds. The predicted octanol–water partition coefficient (Wildman–Crippen LogP) is 1.36. The quantitative estimate of drug-likeness (QED) is 0.658. The second kappa shape index (κ2) is 7.67. The first-order valence-corrected chi connectivity index (χ1v) is 6.75. The van der Waals surface area contributed by atoms with Gasteiger partial charge in [0.15, 0.2) is 0 Å². The Morgan fingerprint density at radius 2 is 2.00 bits per heavy atom. The number of carbonyl (C=O) groups is 1. The molecule has 4 heteroatoms. The van der Waals surface area contributed by atoms with Crippen molar-refractivity contribution < 1.29 is 9.53 Å². The van der Waals surface area contributed by atoms with E-state index >= 15 is 0 Å². The molecule has 1 fully saturated rings. The fourth-order valence-corrected chi connectivity index (χ4v) is 2.36. The van der Waals surface area contributed by atoms with E-state index in [1.165, 1.54) is 25.9 Å². The van der Waals surface area contributed by atoms with Crippen LogP contribution in [-0.2, 0) is 9.53 Å². The van der Waals surface area contributed by atoms with E-state index in [1.54, 1.807) is 0 Å². The summed E-state index contributed by atoms with van der Waals surface area (Å²) in [5.74, 6) is -0.0784. The second-order valence-electron chi connectivity index (χ2n) is 4.70. The van der Waals surface area contributed by atoms with Gasteiger partial charge >= 0.3 is 5.97 Å². The number of rotatable bonds is 6. The van der Waals surface area contributed by atoms with E-state index in [2.05, 4.69) is 23.8 Å². The topological polar surface area (TPSA) is 32.8 Å². The van der Waals surface area contributed by atoms with Crippen molar-refractivity contribution >= 4 is 5.97 Å². The molecule has 1 aliphatic heterocycles. The van der Waals surface area contributed by atoms with Gasteiger partial charge in [-0.1, -0.05) is 6.92 Å². The molecule has 17 heavy (non-hydrogen) atoms. The average Bonchev–Trinajstić information content (AvgIpc) is 2.36. The lowest BCUT2D eigenvalue weighted by Gasteiger charge is -2.36. The lowest BCUT2D eigenvalue weighted by Crippen LogP contribution is -2.43. The number of hydrogen-bond acceptors (Lipinski definition) is 4. The molecule has 0 atom stereocenters. The summed E-state index contributed by atoms with van der Waals surface area (Å²) in [6.45, 7) is 8.88. The zero-order chi connectivity index (χ0) is 12.7. The van der Waals surface area contributed by atoms with Crippen molar-refractivity contribution in [2.24, 2.45) is 0 Å². The van der Waals surface area contributed by atoms with Gasteiger partial charge in [0.25, 0.3) is 0 Å². The standard InChI is InChI=1S/C13H26N2O2/c1-4-15-10-6-12(7-11-15)14(3)9-8-13(16)17-5-2/h12H,4-11H2,1-3H3. The summed E-state index contributed by atoms with van der Waals surface area (Å²) in [5.41, 5.74) is 0. The Kier molecular flexibility index (Phi) is 6.52. The van der Waals surface area contributed by atoms with E-state index in [-0.39, 0.29) is 5.97 Å². The van der Waals surface area contributed by atoms with Crippen molar-refractivity contribution in [1.82, 2.24) is 9.80 Å². The highest BCUT2D eigenvalue weighted by molar-refractivity contribution is 5.69. The number of esters is 1. The van der Waals surface area contributed by atoms with Gasteiger partial charge in [-0.05, 0) is 46.4 Å². The third kappa shape index (κ3) is 5.04. The second-order valence-corrected chi connectivity index (χ2v) is 4.70. The Morgan fingerprint density at radius 1 is 1.35 bits per heavy atom. The number of piperidine rings is 1. The maximum Gasteiger partial charge on any atom is 0.307 e. The third-order valence-corrected chi connectivity index (χ3v) is 3.60. The summed E-state index contributed by atoms with van der Waals surface area (Å²) in [6.07, 6.45) is 2.94. The Bertz CT molecular complexity index is 225. The minimum atomic E-state index is -0.0784. The van der Waals surface area contributed by atoms with Gasteiger partial charge in [-0.2, -0.15) is 0 Å². The Labute approximate surface area is 105 Å². The van der Waals surface area contributed by atoms with Gasteiger partial charge in [0.1, 0.15) is 0 Å². The minimum absolute atomic E-state index is 0.0784. The van der Waals surface area contributed by atoms with Crippen LogP contribution < -0.4 is 0 Å². The monoisotopic (exact) mass is 242 g/mol. The maximum absolute atomic E-state index is 11.3. The van der Waals surface area contributed by atoms with Crippen molar-refractivity contribution in [2.75, 3.05) is 39.8 Å². The van der Waals surface area contributed by atoms with Gasteiger partial charge in [-0.15, -0.1) is 0 Å². The smallest absolute Gasteiger partial charge is 0.307 e. The highest BCUT2D eigenvalue weighted by Gasteiger charge is 2.21. The molecule has 0 radical (unpaired) electrons. The summed E-state index contributed by atoms with van der Waals surface area (Å²) in [7, 11) is 2.12. The summed E-state index contributed by atoms with van der Waals surface area (Å²) >= 11 is 0. The van der Waals surface area contributed by atoms with Crippen molar-refractivity contribution in [1.29, 1.82) is 0 Å². The lowest BCUT2D eigenvalue weighted by atomic mass is 10.0. The van der Waals surface area contributed by atoms with Gasteiger partial charge < -0.3 is 14.5 Å². The van der Waals surface area contributed by atoms with Crippen LogP contribution in [0, 0.1) is 0 Å². The molecule has 1 rings (SSSR count). The van der Waals surface area contributed by atoms with Crippen LogP contribution in [0.1, 0.15) is 33.1 Å². The van der Waals surface area contributed by atoms with Crippen molar-refractivity contribution in [3.63, 3.8) is 0 Å². The van der Waals surface area contributed by atoms with Gasteiger partial charge in [0.05, 0.1) is 13.0 Å². The van der Waals surface area contributed by atoms with E-state index in [0.29, 0.717) is 19.1 Å². The van der Waals surface area contributed by atoms with Crippen LogP contribution in [0.5, 0.6) is 0 Å². The molecule has 0 aromatic rings. The molecule has 0 aliphatic carbocycles. The summed E-state index contributed by atoms with van der Waals surface area (Å²) in [4.78, 5) is 16.1. The fraction of sp³-hybridized carbons (Fsp3) is 0.923. The van der Waals surface area contributed by atoms with Crippen LogP contribution in [0.3, 0.4) is 0 Å². The summed E-state index contributed by atoms with van der Waals surface area (Å²) in [5, 5.41) is 0. The van der Waals surface area contributed by atoms with E-state index in [0.717, 1.165) is 13.1 Å². The van der Waals surface area contributed by atoms with Gasteiger partial charge in [0.2, 0.25) is 0 Å². The van der Waals surface area contributed by atoms with Crippen LogP contribution in [0.4, 0.5) is 0 Å². The van der Waals surface area contributed by atoms with Crippen molar-refractivity contribution in [3.05, 3.63) is 0 Å². The third-order valence-electron chi connectivity index (χ3n) is 3.60.